The lowest BCUT2D eigenvalue weighted by Crippen LogP contribution is -2.41. The van der Waals surface area contributed by atoms with Gasteiger partial charge in [-0.1, -0.05) is 55.4 Å². The molecule has 1 amide bonds. The summed E-state index contributed by atoms with van der Waals surface area (Å²) in [5.74, 6) is -0.423. The van der Waals surface area contributed by atoms with E-state index in [0.29, 0.717) is 23.6 Å². The molecule has 0 aromatic heterocycles. The minimum atomic E-state index is -1.36. The molecule has 0 fully saturated rings. The molecule has 0 aliphatic rings. The average molecular weight is 350 g/mol. The third-order valence-electron chi connectivity index (χ3n) is 3.76. The number of aliphatic hydroxyl groups is 1. The number of amides is 1. The van der Waals surface area contributed by atoms with Gasteiger partial charge in [-0.15, -0.1) is 0 Å². The van der Waals surface area contributed by atoms with Crippen molar-refractivity contribution in [1.82, 2.24) is 0 Å². The number of carbonyl (C=O) groups is 1. The highest BCUT2D eigenvalue weighted by Crippen LogP contribution is 2.33. The maximum absolute atomic E-state index is 12.2. The monoisotopic (exact) mass is 349 g/mol. The molecule has 0 spiro atoms. The van der Waals surface area contributed by atoms with Crippen LogP contribution in [0.4, 0.5) is 5.69 Å². The van der Waals surface area contributed by atoms with Gasteiger partial charge in [0.2, 0.25) is 0 Å². The highest BCUT2D eigenvalue weighted by atomic mass is 35.5. The Hall–Kier alpha value is -1.49. The first-order chi connectivity index (χ1) is 11.0. The van der Waals surface area contributed by atoms with E-state index in [1.807, 2.05) is 42.5 Å². The molecule has 0 aliphatic carbocycles. The minimum absolute atomic E-state index is 0.356. The van der Waals surface area contributed by atoms with Crippen molar-refractivity contribution in [2.24, 2.45) is 0 Å². The van der Waals surface area contributed by atoms with Gasteiger partial charge in [0.25, 0.3) is 5.91 Å². The Morgan fingerprint density at radius 3 is 2.35 bits per heavy atom. The van der Waals surface area contributed by atoms with E-state index in [-0.39, 0.29) is 0 Å². The minimum Gasteiger partial charge on any atom is -0.380 e. The van der Waals surface area contributed by atoms with Gasteiger partial charge in [0.1, 0.15) is 5.60 Å². The molecule has 0 radical (unpaired) electrons. The maximum Gasteiger partial charge on any atom is 0.256 e. The van der Waals surface area contributed by atoms with E-state index in [0.717, 1.165) is 9.79 Å². The van der Waals surface area contributed by atoms with Crippen LogP contribution >= 0.6 is 23.4 Å². The van der Waals surface area contributed by atoms with Crippen molar-refractivity contribution in [2.45, 2.75) is 42.1 Å². The van der Waals surface area contributed by atoms with Crippen LogP contribution in [-0.4, -0.2) is 16.6 Å². The normalized spacial score (nSPS) is 11.3. The first-order valence-corrected chi connectivity index (χ1v) is 8.74. The van der Waals surface area contributed by atoms with E-state index in [9.17, 15) is 9.90 Å². The number of halogens is 1. The van der Waals surface area contributed by atoms with Crippen LogP contribution in [0, 0.1) is 0 Å². The fourth-order valence-corrected chi connectivity index (χ4v) is 3.27. The van der Waals surface area contributed by atoms with Gasteiger partial charge in [0.05, 0.1) is 10.7 Å². The average Bonchev–Trinajstić information content (AvgIpc) is 2.57. The van der Waals surface area contributed by atoms with Crippen LogP contribution in [-0.2, 0) is 4.79 Å². The zero-order chi connectivity index (χ0) is 16.9. The fourth-order valence-electron chi connectivity index (χ4n) is 2.10. The molecule has 122 valence electrons. The first kappa shape index (κ1) is 17.9. The Balaban J connectivity index is 2.12. The standard InChI is InChI=1S/C18H20ClNO2S/c1-3-18(22,4-2)17(21)20-16-11-10-14(12-15(16)19)23-13-8-6-5-7-9-13/h5-12,22H,3-4H2,1-2H3,(H,20,21). The molecule has 2 aromatic carbocycles. The predicted molar refractivity (Wildman–Crippen MR) is 96.2 cm³/mol. The van der Waals surface area contributed by atoms with Crippen LogP contribution < -0.4 is 5.32 Å². The number of hydrogen-bond donors (Lipinski definition) is 2. The van der Waals surface area contributed by atoms with Crippen molar-refractivity contribution >= 4 is 35.0 Å². The lowest BCUT2D eigenvalue weighted by Gasteiger charge is -2.24. The van der Waals surface area contributed by atoms with Gasteiger partial charge in [0.15, 0.2) is 0 Å². The SMILES string of the molecule is CCC(O)(CC)C(=O)Nc1ccc(Sc2ccccc2)cc1Cl. The molecular formula is C18H20ClNO2S. The molecule has 0 bridgehead atoms. The van der Waals surface area contributed by atoms with Crippen molar-refractivity contribution in [3.05, 3.63) is 53.6 Å². The Kier molecular flexibility index (Phi) is 6.10. The number of nitrogens with one attached hydrogen (secondary N) is 1. The number of benzene rings is 2. The van der Waals surface area contributed by atoms with Crippen LogP contribution in [0.2, 0.25) is 5.02 Å². The summed E-state index contributed by atoms with van der Waals surface area (Å²) in [5.41, 5.74) is -0.852. The van der Waals surface area contributed by atoms with E-state index in [4.69, 9.17) is 11.6 Å². The predicted octanol–water partition coefficient (Wildman–Crippen LogP) is 4.98. The zero-order valence-corrected chi connectivity index (χ0v) is 14.7. The van der Waals surface area contributed by atoms with Gasteiger partial charge >= 0.3 is 0 Å². The highest BCUT2D eigenvalue weighted by molar-refractivity contribution is 7.99. The third kappa shape index (κ3) is 4.50. The summed E-state index contributed by atoms with van der Waals surface area (Å²) < 4.78 is 0. The van der Waals surface area contributed by atoms with Gasteiger partial charge in [-0.2, -0.15) is 0 Å². The summed E-state index contributed by atoms with van der Waals surface area (Å²) in [7, 11) is 0. The van der Waals surface area contributed by atoms with E-state index >= 15 is 0 Å². The second kappa shape index (κ2) is 7.86. The molecule has 3 nitrogen and oxygen atoms in total. The quantitative estimate of drug-likeness (QED) is 0.773. The number of rotatable bonds is 6. The second-order valence-corrected chi connectivity index (χ2v) is 6.80. The largest absolute Gasteiger partial charge is 0.380 e. The lowest BCUT2D eigenvalue weighted by molar-refractivity contribution is -0.134. The van der Waals surface area contributed by atoms with Gasteiger partial charge in [-0.05, 0) is 43.2 Å². The van der Waals surface area contributed by atoms with E-state index in [1.165, 1.54) is 0 Å². The summed E-state index contributed by atoms with van der Waals surface area (Å²) in [4.78, 5) is 14.3. The summed E-state index contributed by atoms with van der Waals surface area (Å²) in [5, 5.41) is 13.4. The number of carbonyl (C=O) groups excluding carboxylic acids is 1. The molecule has 0 saturated heterocycles. The molecule has 5 heteroatoms. The van der Waals surface area contributed by atoms with Gasteiger partial charge in [-0.3, -0.25) is 4.79 Å². The Bertz CT molecular complexity index is 672. The topological polar surface area (TPSA) is 49.3 Å². The van der Waals surface area contributed by atoms with Crippen LogP contribution in [0.1, 0.15) is 26.7 Å². The highest BCUT2D eigenvalue weighted by Gasteiger charge is 2.32. The van der Waals surface area contributed by atoms with Gasteiger partial charge in [-0.25, -0.2) is 0 Å². The van der Waals surface area contributed by atoms with Crippen LogP contribution in [0.3, 0.4) is 0 Å². The number of anilines is 1. The molecule has 2 aromatic rings. The second-order valence-electron chi connectivity index (χ2n) is 5.25. The molecule has 0 heterocycles. The molecule has 2 rings (SSSR count). The van der Waals surface area contributed by atoms with Crippen LogP contribution in [0.25, 0.3) is 0 Å². The van der Waals surface area contributed by atoms with Crippen molar-refractivity contribution in [2.75, 3.05) is 5.32 Å². The van der Waals surface area contributed by atoms with Crippen molar-refractivity contribution in [3.8, 4) is 0 Å². The number of hydrogen-bond acceptors (Lipinski definition) is 3. The molecule has 0 aliphatic heterocycles. The third-order valence-corrected chi connectivity index (χ3v) is 5.07. The van der Waals surface area contributed by atoms with Crippen molar-refractivity contribution in [1.29, 1.82) is 0 Å². The van der Waals surface area contributed by atoms with Crippen LogP contribution in [0.5, 0.6) is 0 Å². The van der Waals surface area contributed by atoms with Gasteiger partial charge < -0.3 is 10.4 Å². The maximum atomic E-state index is 12.2. The molecule has 0 atom stereocenters. The lowest BCUT2D eigenvalue weighted by atomic mass is 9.96. The molecule has 23 heavy (non-hydrogen) atoms. The molecule has 0 unspecified atom stereocenters. The molecular weight excluding hydrogens is 330 g/mol. The summed E-state index contributed by atoms with van der Waals surface area (Å²) >= 11 is 7.86. The van der Waals surface area contributed by atoms with Crippen molar-refractivity contribution < 1.29 is 9.90 Å². The van der Waals surface area contributed by atoms with E-state index in [1.54, 1.807) is 31.7 Å². The molecule has 2 N–H and O–H groups in total. The smallest absolute Gasteiger partial charge is 0.256 e. The van der Waals surface area contributed by atoms with Gasteiger partial charge in [0, 0.05) is 9.79 Å². The first-order valence-electron chi connectivity index (χ1n) is 7.54. The van der Waals surface area contributed by atoms with E-state index in [2.05, 4.69) is 5.32 Å². The molecule has 0 saturated carbocycles. The van der Waals surface area contributed by atoms with Crippen LogP contribution in [0.15, 0.2) is 58.3 Å². The summed E-state index contributed by atoms with van der Waals surface area (Å²) in [6.45, 7) is 3.56. The summed E-state index contributed by atoms with van der Waals surface area (Å²) in [6.07, 6.45) is 0.712. The Morgan fingerprint density at radius 2 is 1.78 bits per heavy atom. The zero-order valence-electron chi connectivity index (χ0n) is 13.2. The Morgan fingerprint density at radius 1 is 1.13 bits per heavy atom. The Labute approximate surface area is 146 Å². The fraction of sp³-hybridized carbons (Fsp3) is 0.278. The summed E-state index contributed by atoms with van der Waals surface area (Å²) in [6, 6.07) is 15.5. The van der Waals surface area contributed by atoms with E-state index < -0.39 is 11.5 Å². The van der Waals surface area contributed by atoms with Crippen molar-refractivity contribution in [3.63, 3.8) is 0 Å².